The first-order chi connectivity index (χ1) is 8.64. The lowest BCUT2D eigenvalue weighted by atomic mass is 9.83. The lowest BCUT2D eigenvalue weighted by Gasteiger charge is -2.31. The summed E-state index contributed by atoms with van der Waals surface area (Å²) >= 11 is 6.30. The van der Waals surface area contributed by atoms with E-state index in [0.717, 1.165) is 24.5 Å². The fourth-order valence-corrected chi connectivity index (χ4v) is 4.00. The van der Waals surface area contributed by atoms with Gasteiger partial charge in [-0.05, 0) is 30.4 Å². The summed E-state index contributed by atoms with van der Waals surface area (Å²) in [7, 11) is 0. The monoisotopic (exact) mass is 291 g/mol. The van der Waals surface area contributed by atoms with Gasteiger partial charge in [-0.3, -0.25) is 4.79 Å². The van der Waals surface area contributed by atoms with Crippen LogP contribution in [0.2, 0.25) is 0 Å². The van der Waals surface area contributed by atoms with Gasteiger partial charge in [0.25, 0.3) is 0 Å². The van der Waals surface area contributed by atoms with E-state index in [1.54, 1.807) is 11.8 Å². The number of nitrogens with one attached hydrogen (secondary N) is 1. The molecule has 0 aromatic rings. The number of rotatable bonds is 11. The van der Waals surface area contributed by atoms with E-state index in [1.165, 1.54) is 25.7 Å². The van der Waals surface area contributed by atoms with E-state index in [0.29, 0.717) is 11.2 Å². The highest BCUT2D eigenvalue weighted by atomic mass is 32.2. The average molecular weight is 292 g/mol. The zero-order valence-electron chi connectivity index (χ0n) is 12.1. The Morgan fingerprint density at radius 2 is 1.78 bits per heavy atom. The SMILES string of the molecule is CCCNC(=O)CSCC(CS)(CCC)CCC. The van der Waals surface area contributed by atoms with Crippen LogP contribution < -0.4 is 5.32 Å². The molecule has 0 aromatic carbocycles. The third-order valence-corrected chi connectivity index (χ3v) is 5.06. The van der Waals surface area contributed by atoms with E-state index in [9.17, 15) is 4.79 Å². The molecule has 2 nitrogen and oxygen atoms in total. The lowest BCUT2D eigenvalue weighted by molar-refractivity contribution is -0.118. The summed E-state index contributed by atoms with van der Waals surface area (Å²) in [4.78, 5) is 11.5. The molecule has 0 aliphatic heterocycles. The maximum absolute atomic E-state index is 11.5. The molecule has 0 heterocycles. The molecule has 0 aromatic heterocycles. The van der Waals surface area contributed by atoms with Crippen molar-refractivity contribution >= 4 is 30.3 Å². The van der Waals surface area contributed by atoms with Gasteiger partial charge in [-0.15, -0.1) is 0 Å². The maximum atomic E-state index is 11.5. The molecule has 1 amide bonds. The Labute approximate surface area is 122 Å². The summed E-state index contributed by atoms with van der Waals surface area (Å²) in [5.74, 6) is 2.74. The fraction of sp³-hybridized carbons (Fsp3) is 0.929. The minimum Gasteiger partial charge on any atom is -0.355 e. The molecule has 0 aliphatic rings. The summed E-state index contributed by atoms with van der Waals surface area (Å²) in [6.45, 7) is 7.32. The van der Waals surface area contributed by atoms with Gasteiger partial charge in [0.05, 0.1) is 5.75 Å². The van der Waals surface area contributed by atoms with Crippen molar-refractivity contribution < 1.29 is 4.79 Å². The molecule has 0 rings (SSSR count). The molecule has 1 N–H and O–H groups in total. The number of carbonyl (C=O) groups is 1. The summed E-state index contributed by atoms with van der Waals surface area (Å²) in [5, 5.41) is 2.92. The highest BCUT2D eigenvalue weighted by Gasteiger charge is 2.26. The highest BCUT2D eigenvalue weighted by Crippen LogP contribution is 2.34. The topological polar surface area (TPSA) is 29.1 Å². The largest absolute Gasteiger partial charge is 0.355 e. The van der Waals surface area contributed by atoms with Gasteiger partial charge in [0.2, 0.25) is 5.91 Å². The van der Waals surface area contributed by atoms with Gasteiger partial charge < -0.3 is 5.32 Å². The Morgan fingerprint density at radius 3 is 2.22 bits per heavy atom. The van der Waals surface area contributed by atoms with Crippen molar-refractivity contribution in [1.29, 1.82) is 0 Å². The average Bonchev–Trinajstić information content (AvgIpc) is 2.36. The number of thioether (sulfide) groups is 1. The molecule has 0 atom stereocenters. The number of carbonyl (C=O) groups excluding carboxylic acids is 1. The van der Waals surface area contributed by atoms with E-state index < -0.39 is 0 Å². The maximum Gasteiger partial charge on any atom is 0.229 e. The van der Waals surface area contributed by atoms with Gasteiger partial charge in [0, 0.05) is 12.3 Å². The van der Waals surface area contributed by atoms with Crippen LogP contribution in [0.4, 0.5) is 0 Å². The van der Waals surface area contributed by atoms with Crippen molar-refractivity contribution in [3.8, 4) is 0 Å². The van der Waals surface area contributed by atoms with Gasteiger partial charge in [-0.1, -0.05) is 33.6 Å². The first-order valence-electron chi connectivity index (χ1n) is 7.09. The van der Waals surface area contributed by atoms with Crippen LogP contribution in [0.15, 0.2) is 0 Å². The zero-order valence-corrected chi connectivity index (χ0v) is 13.8. The fourth-order valence-electron chi connectivity index (χ4n) is 2.21. The van der Waals surface area contributed by atoms with Crippen molar-refractivity contribution in [2.45, 2.75) is 52.9 Å². The van der Waals surface area contributed by atoms with E-state index in [-0.39, 0.29) is 5.91 Å². The second-order valence-corrected chi connectivity index (χ2v) is 6.30. The second kappa shape index (κ2) is 11.0. The van der Waals surface area contributed by atoms with Crippen LogP contribution in [0.25, 0.3) is 0 Å². The summed E-state index contributed by atoms with van der Waals surface area (Å²) in [6.07, 6.45) is 5.83. The minimum absolute atomic E-state index is 0.169. The molecule has 0 fully saturated rings. The summed E-state index contributed by atoms with van der Waals surface area (Å²) < 4.78 is 0. The normalized spacial score (nSPS) is 11.6. The molecule has 0 bridgehead atoms. The number of amides is 1. The molecule has 0 unspecified atom stereocenters. The lowest BCUT2D eigenvalue weighted by Crippen LogP contribution is -2.29. The molecule has 0 saturated carbocycles. The Balaban J connectivity index is 4.05. The molecule has 0 spiro atoms. The molecule has 4 heteroatoms. The van der Waals surface area contributed by atoms with Crippen LogP contribution in [0, 0.1) is 5.41 Å². The van der Waals surface area contributed by atoms with Crippen molar-refractivity contribution in [3.05, 3.63) is 0 Å². The molecule has 108 valence electrons. The number of hydrogen-bond donors (Lipinski definition) is 2. The van der Waals surface area contributed by atoms with Gasteiger partial charge in [0.15, 0.2) is 0 Å². The molecule has 0 saturated heterocycles. The zero-order chi connectivity index (χ0) is 13.9. The minimum atomic E-state index is 0.169. The first kappa shape index (κ1) is 18.2. The molecular formula is C14H29NOS2. The molecule has 0 radical (unpaired) electrons. The Hall–Kier alpha value is 0.170. The van der Waals surface area contributed by atoms with Crippen LogP contribution >= 0.6 is 24.4 Å². The number of thiol groups is 1. The van der Waals surface area contributed by atoms with Gasteiger partial charge in [-0.25, -0.2) is 0 Å². The standard InChI is InChI=1S/C14H29NOS2/c1-4-7-14(11-17,8-5-2)12-18-10-13(16)15-9-6-3/h17H,4-12H2,1-3H3,(H,15,16). The van der Waals surface area contributed by atoms with E-state index >= 15 is 0 Å². The molecular weight excluding hydrogens is 262 g/mol. The van der Waals surface area contributed by atoms with Crippen LogP contribution in [0.3, 0.4) is 0 Å². The number of hydrogen-bond acceptors (Lipinski definition) is 3. The quantitative estimate of drug-likeness (QED) is 0.568. The van der Waals surface area contributed by atoms with Crippen LogP contribution in [0.5, 0.6) is 0 Å². The predicted octanol–water partition coefficient (Wildman–Crippen LogP) is 3.76. The highest BCUT2D eigenvalue weighted by molar-refractivity contribution is 8.00. The van der Waals surface area contributed by atoms with E-state index in [4.69, 9.17) is 0 Å². The smallest absolute Gasteiger partial charge is 0.229 e. The Bertz CT molecular complexity index is 216. The Kier molecular flexibility index (Phi) is 11.1. The second-order valence-electron chi connectivity index (χ2n) is 5.00. The van der Waals surface area contributed by atoms with Gasteiger partial charge in [0.1, 0.15) is 0 Å². The van der Waals surface area contributed by atoms with Crippen molar-refractivity contribution in [1.82, 2.24) is 5.32 Å². The molecule has 18 heavy (non-hydrogen) atoms. The third-order valence-electron chi connectivity index (χ3n) is 3.11. The summed E-state index contributed by atoms with van der Waals surface area (Å²) in [5.41, 5.74) is 0.322. The van der Waals surface area contributed by atoms with Crippen LogP contribution in [-0.2, 0) is 4.79 Å². The van der Waals surface area contributed by atoms with Crippen molar-refractivity contribution in [2.24, 2.45) is 5.41 Å². The van der Waals surface area contributed by atoms with E-state index in [1.807, 2.05) is 0 Å². The van der Waals surface area contributed by atoms with Gasteiger partial charge in [-0.2, -0.15) is 24.4 Å². The van der Waals surface area contributed by atoms with Crippen LogP contribution in [-0.4, -0.2) is 29.7 Å². The summed E-state index contributed by atoms with van der Waals surface area (Å²) in [6, 6.07) is 0. The third kappa shape index (κ3) is 7.57. The van der Waals surface area contributed by atoms with E-state index in [2.05, 4.69) is 38.7 Å². The first-order valence-corrected chi connectivity index (χ1v) is 8.88. The predicted molar refractivity (Wildman–Crippen MR) is 86.7 cm³/mol. The Morgan fingerprint density at radius 1 is 1.17 bits per heavy atom. The van der Waals surface area contributed by atoms with Gasteiger partial charge >= 0.3 is 0 Å². The van der Waals surface area contributed by atoms with Crippen molar-refractivity contribution in [2.75, 3.05) is 23.8 Å². The molecule has 0 aliphatic carbocycles. The van der Waals surface area contributed by atoms with Crippen molar-refractivity contribution in [3.63, 3.8) is 0 Å². The van der Waals surface area contributed by atoms with Crippen LogP contribution in [0.1, 0.15) is 52.9 Å².